The number of hydrogen-bond acceptors (Lipinski definition) is 7. The molecule has 0 bridgehead atoms. The maximum absolute atomic E-state index is 16.7. The van der Waals surface area contributed by atoms with E-state index in [1.165, 1.54) is 37.4 Å². The normalized spacial score (nSPS) is 25.5. The third-order valence-electron chi connectivity index (χ3n) is 9.27. The number of alkyl halides is 2. The van der Waals surface area contributed by atoms with Crippen molar-refractivity contribution in [2.24, 2.45) is 0 Å². The number of rotatable bonds is 5. The first-order valence-corrected chi connectivity index (χ1v) is 14.8. The molecule has 5 heterocycles. The maximum Gasteiger partial charge on any atom is 0.319 e. The van der Waals surface area contributed by atoms with Crippen molar-refractivity contribution in [1.29, 1.82) is 0 Å². The molecule has 3 aliphatic heterocycles. The van der Waals surface area contributed by atoms with E-state index >= 15 is 8.78 Å². The average Bonchev–Trinajstić information content (AvgIpc) is 3.51. The van der Waals surface area contributed by atoms with Crippen molar-refractivity contribution in [3.05, 3.63) is 47.7 Å². The summed E-state index contributed by atoms with van der Waals surface area (Å²) in [5, 5.41) is 11.3. The molecule has 0 aliphatic carbocycles. The Kier molecular flexibility index (Phi) is 6.81. The monoisotopic (exact) mass is 605 g/mol. The lowest BCUT2D eigenvalue weighted by atomic mass is 9.95. The van der Waals surface area contributed by atoms with Crippen molar-refractivity contribution in [3.8, 4) is 35.4 Å². The van der Waals surface area contributed by atoms with Gasteiger partial charge in [-0.05, 0) is 62.7 Å². The Labute approximate surface area is 251 Å². The van der Waals surface area contributed by atoms with Gasteiger partial charge in [0.1, 0.15) is 47.0 Å². The van der Waals surface area contributed by atoms with Gasteiger partial charge in [-0.15, -0.1) is 6.42 Å². The van der Waals surface area contributed by atoms with Crippen LogP contribution in [0.1, 0.15) is 44.6 Å². The fourth-order valence-corrected chi connectivity index (χ4v) is 7.29. The van der Waals surface area contributed by atoms with Crippen molar-refractivity contribution >= 4 is 27.5 Å². The van der Waals surface area contributed by atoms with Gasteiger partial charge in [0, 0.05) is 36.7 Å². The minimum Gasteiger partial charge on any atom is -0.508 e. The SMILES string of the molecule is C#Cc1c(F)ccc2cc(O)cc(-c3ncc4c(N5CCC[C@@](C)(F)C5)nc(OC[C@@]56CCCN5C[C@H](F)C6)nc4c3F)c12. The number of hydrogen-bond donors (Lipinski definition) is 1. The van der Waals surface area contributed by atoms with Gasteiger partial charge < -0.3 is 14.7 Å². The molecule has 0 amide bonds. The number of aromatic nitrogens is 3. The lowest BCUT2D eigenvalue weighted by molar-refractivity contribution is 0.107. The molecular weight excluding hydrogens is 574 g/mol. The number of fused-ring (bicyclic) bond motifs is 3. The highest BCUT2D eigenvalue weighted by Crippen LogP contribution is 2.42. The van der Waals surface area contributed by atoms with Gasteiger partial charge in [0.05, 0.1) is 23.0 Å². The van der Waals surface area contributed by atoms with Crippen molar-refractivity contribution in [2.75, 3.05) is 37.7 Å². The fourth-order valence-electron chi connectivity index (χ4n) is 7.29. The molecule has 7 nitrogen and oxygen atoms in total. The number of piperidine rings is 1. The van der Waals surface area contributed by atoms with Crippen molar-refractivity contribution in [1.82, 2.24) is 19.9 Å². The largest absolute Gasteiger partial charge is 0.508 e. The molecular formula is C33H31F4N5O2. The standard InChI is InChI=1S/C33H31F4N5O2/c1-3-22-25(35)7-6-19-12-21(43)13-23(26(19)22)28-27(36)29-24(15-38-28)30(41-10-4-8-32(2,37)17-41)40-31(39-29)44-18-33-9-5-11-42(33)16-20(34)14-33/h1,6-7,12-13,15,20,43H,4-5,8-11,14,16-18H2,2H3/t20-,32-,33+/m1/s1. The number of phenols is 1. The molecule has 228 valence electrons. The highest BCUT2D eigenvalue weighted by Gasteiger charge is 2.49. The smallest absolute Gasteiger partial charge is 0.319 e. The number of benzene rings is 2. The van der Waals surface area contributed by atoms with Gasteiger partial charge >= 0.3 is 6.01 Å². The van der Waals surface area contributed by atoms with Crippen LogP contribution in [0, 0.1) is 24.0 Å². The number of halogens is 4. The van der Waals surface area contributed by atoms with Gasteiger partial charge in [-0.2, -0.15) is 9.97 Å². The topological polar surface area (TPSA) is 74.6 Å². The van der Waals surface area contributed by atoms with Gasteiger partial charge in [-0.3, -0.25) is 9.88 Å². The number of phenolic OH excluding ortho intramolecular Hbond substituents is 1. The highest BCUT2D eigenvalue weighted by atomic mass is 19.1. The molecule has 44 heavy (non-hydrogen) atoms. The summed E-state index contributed by atoms with van der Waals surface area (Å²) in [7, 11) is 0. The lowest BCUT2D eigenvalue weighted by Gasteiger charge is -2.36. The van der Waals surface area contributed by atoms with E-state index in [0.29, 0.717) is 37.7 Å². The summed E-state index contributed by atoms with van der Waals surface area (Å²) >= 11 is 0. The summed E-state index contributed by atoms with van der Waals surface area (Å²) in [6.45, 7) is 3.28. The quantitative estimate of drug-likeness (QED) is 0.218. The molecule has 0 radical (unpaired) electrons. The van der Waals surface area contributed by atoms with E-state index in [1.807, 2.05) is 0 Å². The number of ether oxygens (including phenoxy) is 1. The molecule has 3 fully saturated rings. The molecule has 0 unspecified atom stereocenters. The van der Waals surface area contributed by atoms with Crippen molar-refractivity contribution in [3.63, 3.8) is 0 Å². The molecule has 3 saturated heterocycles. The lowest BCUT2D eigenvalue weighted by Crippen LogP contribution is -2.44. The van der Waals surface area contributed by atoms with Crippen LogP contribution in [0.5, 0.6) is 11.8 Å². The summed E-state index contributed by atoms with van der Waals surface area (Å²) in [5.74, 6) is 0.891. The summed E-state index contributed by atoms with van der Waals surface area (Å²) in [6, 6.07) is 5.20. The minimum absolute atomic E-state index is 0.0329. The zero-order valence-electron chi connectivity index (χ0n) is 24.2. The first-order valence-electron chi connectivity index (χ1n) is 14.8. The number of nitrogens with zero attached hydrogens (tertiary/aromatic N) is 5. The maximum atomic E-state index is 16.7. The summed E-state index contributed by atoms with van der Waals surface area (Å²) in [5.41, 5.74) is -2.32. The Morgan fingerprint density at radius 1 is 1.16 bits per heavy atom. The zero-order valence-corrected chi connectivity index (χ0v) is 24.2. The number of pyridine rings is 1. The van der Waals surface area contributed by atoms with Crippen LogP contribution in [0.15, 0.2) is 30.5 Å². The van der Waals surface area contributed by atoms with Crippen LogP contribution >= 0.6 is 0 Å². The summed E-state index contributed by atoms with van der Waals surface area (Å²) in [6.07, 6.45) is 9.04. The first-order chi connectivity index (χ1) is 21.1. The number of anilines is 1. The Morgan fingerprint density at radius 2 is 1.98 bits per heavy atom. The van der Waals surface area contributed by atoms with Crippen LogP contribution in [0.25, 0.3) is 32.9 Å². The summed E-state index contributed by atoms with van der Waals surface area (Å²) in [4.78, 5) is 17.3. The molecule has 7 rings (SSSR count). The van der Waals surface area contributed by atoms with Crippen LogP contribution < -0.4 is 9.64 Å². The first kappa shape index (κ1) is 28.6. The van der Waals surface area contributed by atoms with E-state index < -0.39 is 29.0 Å². The van der Waals surface area contributed by atoms with Crippen molar-refractivity contribution in [2.45, 2.75) is 56.4 Å². The van der Waals surface area contributed by atoms with E-state index in [1.54, 1.807) is 4.90 Å². The molecule has 3 aliphatic rings. The number of terminal acetylenes is 1. The highest BCUT2D eigenvalue weighted by molar-refractivity contribution is 6.03. The molecule has 11 heteroatoms. The molecule has 0 saturated carbocycles. The molecule has 4 aromatic rings. The molecule has 2 aromatic heterocycles. The van der Waals surface area contributed by atoms with Crippen LogP contribution in [0.3, 0.4) is 0 Å². The van der Waals surface area contributed by atoms with E-state index in [9.17, 15) is 13.9 Å². The molecule has 0 spiro atoms. The van der Waals surface area contributed by atoms with Gasteiger partial charge in [0.25, 0.3) is 0 Å². The van der Waals surface area contributed by atoms with Gasteiger partial charge in [-0.1, -0.05) is 12.0 Å². The second kappa shape index (κ2) is 10.5. The van der Waals surface area contributed by atoms with E-state index in [-0.39, 0.29) is 63.8 Å². The third kappa shape index (κ3) is 4.76. The predicted octanol–water partition coefficient (Wildman–Crippen LogP) is 6.09. The minimum atomic E-state index is -1.48. The average molecular weight is 606 g/mol. The zero-order chi connectivity index (χ0) is 30.8. The van der Waals surface area contributed by atoms with Crippen LogP contribution in [0.4, 0.5) is 23.4 Å². The predicted molar refractivity (Wildman–Crippen MR) is 159 cm³/mol. The van der Waals surface area contributed by atoms with E-state index in [0.717, 1.165) is 19.4 Å². The van der Waals surface area contributed by atoms with Crippen LogP contribution in [-0.2, 0) is 0 Å². The second-order valence-corrected chi connectivity index (χ2v) is 12.5. The molecule has 2 aromatic carbocycles. The molecule has 3 atom stereocenters. The van der Waals surface area contributed by atoms with Crippen LogP contribution in [-0.4, -0.2) is 75.1 Å². The van der Waals surface area contributed by atoms with Gasteiger partial charge in [-0.25, -0.2) is 17.6 Å². The van der Waals surface area contributed by atoms with E-state index in [2.05, 4.69) is 25.8 Å². The van der Waals surface area contributed by atoms with Gasteiger partial charge in [0.15, 0.2) is 5.82 Å². The second-order valence-electron chi connectivity index (χ2n) is 12.5. The Bertz CT molecular complexity index is 1840. The Balaban J connectivity index is 1.39. The van der Waals surface area contributed by atoms with Crippen LogP contribution in [0.2, 0.25) is 0 Å². The number of aromatic hydroxyl groups is 1. The van der Waals surface area contributed by atoms with Gasteiger partial charge in [0.2, 0.25) is 0 Å². The fraction of sp³-hybridized carbons (Fsp3) is 0.424. The Hall–Kier alpha value is -4.17. The Morgan fingerprint density at radius 3 is 2.77 bits per heavy atom. The van der Waals surface area contributed by atoms with E-state index in [4.69, 9.17) is 11.2 Å². The third-order valence-corrected chi connectivity index (χ3v) is 9.27. The summed E-state index contributed by atoms with van der Waals surface area (Å²) < 4.78 is 67.1. The molecule has 1 N–H and O–H groups in total. The van der Waals surface area contributed by atoms with Crippen molar-refractivity contribution < 1.29 is 27.4 Å².